The van der Waals surface area contributed by atoms with Crippen molar-refractivity contribution in [3.63, 3.8) is 0 Å². The molecule has 1 heteroatoms. The molecule has 1 saturated carbocycles. The van der Waals surface area contributed by atoms with Crippen molar-refractivity contribution >= 4 is 0 Å². The minimum Gasteiger partial charge on any atom is -0.308 e. The Bertz CT molecular complexity index is 184. The quantitative estimate of drug-likeness (QED) is 0.660. The number of nitrogens with one attached hydrogen (secondary N) is 1. The van der Waals surface area contributed by atoms with Crippen LogP contribution in [0.2, 0.25) is 0 Å². The largest absolute Gasteiger partial charge is 0.308 e. The second kappa shape index (κ2) is 3.83. The van der Waals surface area contributed by atoms with Crippen molar-refractivity contribution in [1.82, 2.24) is 5.32 Å². The van der Waals surface area contributed by atoms with Gasteiger partial charge < -0.3 is 5.32 Å². The van der Waals surface area contributed by atoms with E-state index in [4.69, 9.17) is 0 Å². The Balaban J connectivity index is 2.48. The van der Waals surface area contributed by atoms with E-state index in [9.17, 15) is 0 Å². The third-order valence-electron chi connectivity index (χ3n) is 3.16. The van der Waals surface area contributed by atoms with Crippen molar-refractivity contribution in [2.24, 2.45) is 11.3 Å². The third kappa shape index (κ3) is 2.84. The Labute approximate surface area is 82.6 Å². The zero-order valence-electron chi connectivity index (χ0n) is 9.43. The van der Waals surface area contributed by atoms with Gasteiger partial charge in [0.25, 0.3) is 0 Å². The molecule has 0 aliphatic heterocycles. The van der Waals surface area contributed by atoms with Crippen molar-refractivity contribution in [3.8, 4) is 0 Å². The maximum Gasteiger partial charge on any atom is 0.0221 e. The second-order valence-corrected chi connectivity index (χ2v) is 5.35. The highest BCUT2D eigenvalue weighted by Gasteiger charge is 2.36. The van der Waals surface area contributed by atoms with Gasteiger partial charge in [0, 0.05) is 12.1 Å². The molecule has 0 spiro atoms. The maximum atomic E-state index is 3.80. The molecule has 13 heavy (non-hydrogen) atoms. The Hall–Kier alpha value is -0.300. The van der Waals surface area contributed by atoms with Crippen LogP contribution in [0.15, 0.2) is 12.7 Å². The molecule has 1 N–H and O–H groups in total. The first-order valence-corrected chi connectivity index (χ1v) is 5.33. The minimum absolute atomic E-state index is 0.446. The molecule has 1 nitrogen and oxygen atoms in total. The van der Waals surface area contributed by atoms with Crippen LogP contribution in [0.4, 0.5) is 0 Å². The molecule has 76 valence electrons. The van der Waals surface area contributed by atoms with Crippen molar-refractivity contribution in [1.29, 1.82) is 0 Å². The zero-order valence-corrected chi connectivity index (χ0v) is 9.43. The maximum absolute atomic E-state index is 3.80. The van der Waals surface area contributed by atoms with E-state index in [1.54, 1.807) is 0 Å². The van der Waals surface area contributed by atoms with E-state index in [2.05, 4.69) is 39.6 Å². The molecule has 0 aromatic carbocycles. The van der Waals surface area contributed by atoms with E-state index in [1.165, 1.54) is 12.8 Å². The molecule has 1 rings (SSSR count). The third-order valence-corrected chi connectivity index (χ3v) is 3.16. The molecule has 0 saturated heterocycles. The summed E-state index contributed by atoms with van der Waals surface area (Å²) in [4.78, 5) is 0. The number of hydrogen-bond donors (Lipinski definition) is 1. The fourth-order valence-corrected chi connectivity index (χ4v) is 2.52. The van der Waals surface area contributed by atoms with Gasteiger partial charge in [0.05, 0.1) is 0 Å². The summed E-state index contributed by atoms with van der Waals surface area (Å²) < 4.78 is 0. The lowest BCUT2D eigenvalue weighted by molar-refractivity contribution is 0.360. The second-order valence-electron chi connectivity index (χ2n) is 5.35. The van der Waals surface area contributed by atoms with Gasteiger partial charge in [-0.3, -0.25) is 0 Å². The lowest BCUT2D eigenvalue weighted by Crippen LogP contribution is -2.37. The first-order chi connectivity index (χ1) is 5.94. The minimum atomic E-state index is 0.446. The average Bonchev–Trinajstić information content (AvgIpc) is 2.24. The van der Waals surface area contributed by atoms with Gasteiger partial charge in [-0.2, -0.15) is 0 Å². The average molecular weight is 181 g/mol. The summed E-state index contributed by atoms with van der Waals surface area (Å²) in [5.74, 6) is 0.803. The highest BCUT2D eigenvalue weighted by atomic mass is 15.0. The molecule has 0 aromatic heterocycles. The molecule has 1 aliphatic rings. The predicted molar refractivity (Wildman–Crippen MR) is 58.8 cm³/mol. The summed E-state index contributed by atoms with van der Waals surface area (Å²) in [6, 6.07) is 1.13. The monoisotopic (exact) mass is 181 g/mol. The Morgan fingerprint density at radius 1 is 1.46 bits per heavy atom. The first-order valence-electron chi connectivity index (χ1n) is 5.33. The van der Waals surface area contributed by atoms with Crippen LogP contribution in [-0.2, 0) is 0 Å². The molecular formula is C12H23N. The van der Waals surface area contributed by atoms with Gasteiger partial charge in [0.1, 0.15) is 0 Å². The van der Waals surface area contributed by atoms with Gasteiger partial charge in [-0.05, 0) is 31.1 Å². The van der Waals surface area contributed by atoms with Gasteiger partial charge in [-0.25, -0.2) is 0 Å². The van der Waals surface area contributed by atoms with Crippen LogP contribution >= 0.6 is 0 Å². The highest BCUT2D eigenvalue weighted by molar-refractivity contribution is 4.94. The standard InChI is InChI=1S/C12H23N/c1-6-10(3)13-11-8-12(4,5)7-9(11)2/h6,9-11,13H,1,7-8H2,2-5H3. The summed E-state index contributed by atoms with van der Waals surface area (Å²) in [6.45, 7) is 13.1. The number of rotatable bonds is 3. The smallest absolute Gasteiger partial charge is 0.0221 e. The zero-order chi connectivity index (χ0) is 10.1. The fourth-order valence-electron chi connectivity index (χ4n) is 2.52. The normalized spacial score (nSPS) is 34.5. The lowest BCUT2D eigenvalue weighted by Gasteiger charge is -2.21. The topological polar surface area (TPSA) is 12.0 Å². The van der Waals surface area contributed by atoms with Crippen molar-refractivity contribution < 1.29 is 0 Å². The lowest BCUT2D eigenvalue weighted by atomic mass is 9.91. The van der Waals surface area contributed by atoms with E-state index in [0.29, 0.717) is 17.5 Å². The van der Waals surface area contributed by atoms with Crippen molar-refractivity contribution in [2.45, 2.75) is 52.6 Å². The van der Waals surface area contributed by atoms with Crippen molar-refractivity contribution in [2.75, 3.05) is 0 Å². The summed E-state index contributed by atoms with van der Waals surface area (Å²) in [5.41, 5.74) is 0.526. The fraction of sp³-hybridized carbons (Fsp3) is 0.833. The van der Waals surface area contributed by atoms with Gasteiger partial charge in [0.2, 0.25) is 0 Å². The predicted octanol–water partition coefficient (Wildman–Crippen LogP) is 2.98. The molecule has 3 atom stereocenters. The highest BCUT2D eigenvalue weighted by Crippen LogP contribution is 2.40. The molecule has 1 fully saturated rings. The van der Waals surface area contributed by atoms with Gasteiger partial charge in [0.15, 0.2) is 0 Å². The van der Waals surface area contributed by atoms with Crippen LogP contribution < -0.4 is 5.32 Å². The van der Waals surface area contributed by atoms with Crippen molar-refractivity contribution in [3.05, 3.63) is 12.7 Å². The van der Waals surface area contributed by atoms with Crippen LogP contribution in [0, 0.1) is 11.3 Å². The Kier molecular flexibility index (Phi) is 3.18. The molecule has 0 radical (unpaired) electrons. The Morgan fingerprint density at radius 3 is 2.46 bits per heavy atom. The van der Waals surface area contributed by atoms with Gasteiger partial charge in [-0.1, -0.05) is 26.8 Å². The van der Waals surface area contributed by atoms with Crippen LogP contribution in [0.5, 0.6) is 0 Å². The molecule has 0 amide bonds. The summed E-state index contributed by atoms with van der Waals surface area (Å²) >= 11 is 0. The summed E-state index contributed by atoms with van der Waals surface area (Å²) in [6.07, 6.45) is 4.62. The van der Waals surface area contributed by atoms with E-state index >= 15 is 0 Å². The van der Waals surface area contributed by atoms with E-state index in [1.807, 2.05) is 6.08 Å². The molecule has 0 heterocycles. The number of hydrogen-bond acceptors (Lipinski definition) is 1. The van der Waals surface area contributed by atoms with Crippen LogP contribution in [0.1, 0.15) is 40.5 Å². The first kappa shape index (κ1) is 10.8. The molecule has 0 bridgehead atoms. The summed E-state index contributed by atoms with van der Waals surface area (Å²) in [7, 11) is 0. The molecule has 0 aromatic rings. The summed E-state index contributed by atoms with van der Waals surface area (Å²) in [5, 5.41) is 3.62. The van der Waals surface area contributed by atoms with Crippen LogP contribution in [0.3, 0.4) is 0 Å². The van der Waals surface area contributed by atoms with E-state index in [-0.39, 0.29) is 0 Å². The van der Waals surface area contributed by atoms with Crippen LogP contribution in [0.25, 0.3) is 0 Å². The van der Waals surface area contributed by atoms with Crippen LogP contribution in [-0.4, -0.2) is 12.1 Å². The molecule has 1 aliphatic carbocycles. The molecular weight excluding hydrogens is 158 g/mol. The Morgan fingerprint density at radius 2 is 2.08 bits per heavy atom. The SMILES string of the molecule is C=CC(C)NC1CC(C)(C)CC1C. The van der Waals surface area contributed by atoms with Gasteiger partial charge >= 0.3 is 0 Å². The van der Waals surface area contributed by atoms with Gasteiger partial charge in [-0.15, -0.1) is 6.58 Å². The molecule has 3 unspecified atom stereocenters. The van der Waals surface area contributed by atoms with E-state index in [0.717, 1.165) is 5.92 Å². The van der Waals surface area contributed by atoms with E-state index < -0.39 is 0 Å².